The third-order valence-electron chi connectivity index (χ3n) is 2.50. The summed E-state index contributed by atoms with van der Waals surface area (Å²) in [6.45, 7) is 0.0358. The van der Waals surface area contributed by atoms with Crippen molar-refractivity contribution in [2.75, 3.05) is 13.1 Å². The zero-order chi connectivity index (χ0) is 12.5. The smallest absolute Gasteiger partial charge is 0.293 e. The molecule has 0 unspecified atom stereocenters. The molecular weight excluding hydrogens is 251 g/mol. The third-order valence-corrected chi connectivity index (χ3v) is 3.28. The highest BCUT2D eigenvalue weighted by Gasteiger charge is 2.34. The first-order valence-corrected chi connectivity index (χ1v) is 5.85. The van der Waals surface area contributed by atoms with Crippen LogP contribution in [0.15, 0.2) is 24.3 Å². The van der Waals surface area contributed by atoms with E-state index in [4.69, 9.17) is 0 Å². The molecule has 17 heavy (non-hydrogen) atoms. The van der Waals surface area contributed by atoms with Crippen molar-refractivity contribution in [2.45, 2.75) is 11.9 Å². The fourth-order valence-corrected chi connectivity index (χ4v) is 2.46. The standard InChI is InChI=1S/C11H10F3NOS/c12-11(13,14)17-15-6-5-8-3-1-2-4-9(8)10(16)7-15/h1-4H,5-7H2. The first kappa shape index (κ1) is 12.4. The summed E-state index contributed by atoms with van der Waals surface area (Å²) < 4.78 is 37.8. The molecule has 1 aromatic rings. The molecule has 92 valence electrons. The molecule has 0 atom stereocenters. The fraction of sp³-hybridized carbons (Fsp3) is 0.364. The maximum Gasteiger partial charge on any atom is 0.456 e. The Balaban J connectivity index is 2.15. The largest absolute Gasteiger partial charge is 0.456 e. The van der Waals surface area contributed by atoms with Gasteiger partial charge >= 0.3 is 5.51 Å². The lowest BCUT2D eigenvalue weighted by molar-refractivity contribution is -0.0360. The van der Waals surface area contributed by atoms with Gasteiger partial charge in [0.05, 0.1) is 6.54 Å². The highest BCUT2D eigenvalue weighted by Crippen LogP contribution is 2.34. The Morgan fingerprint density at radius 2 is 1.94 bits per heavy atom. The van der Waals surface area contributed by atoms with Gasteiger partial charge in [-0.1, -0.05) is 24.3 Å². The van der Waals surface area contributed by atoms with Gasteiger partial charge in [-0.15, -0.1) is 0 Å². The topological polar surface area (TPSA) is 20.3 Å². The second-order valence-corrected chi connectivity index (χ2v) is 4.89. The maximum absolute atomic E-state index is 12.2. The van der Waals surface area contributed by atoms with Crippen LogP contribution in [0.2, 0.25) is 0 Å². The molecule has 0 amide bonds. The average Bonchev–Trinajstić information content (AvgIpc) is 2.37. The van der Waals surface area contributed by atoms with Crippen molar-refractivity contribution < 1.29 is 18.0 Å². The van der Waals surface area contributed by atoms with E-state index >= 15 is 0 Å². The van der Waals surface area contributed by atoms with Crippen molar-refractivity contribution in [2.24, 2.45) is 0 Å². The second kappa shape index (κ2) is 4.70. The van der Waals surface area contributed by atoms with Crippen molar-refractivity contribution in [3.63, 3.8) is 0 Å². The van der Waals surface area contributed by atoms with Crippen LogP contribution in [0.3, 0.4) is 0 Å². The van der Waals surface area contributed by atoms with Crippen LogP contribution in [0.5, 0.6) is 0 Å². The molecule has 0 saturated carbocycles. The summed E-state index contributed by atoms with van der Waals surface area (Å²) in [5.41, 5.74) is -2.97. The summed E-state index contributed by atoms with van der Waals surface area (Å²) in [7, 11) is 0. The van der Waals surface area contributed by atoms with E-state index in [1.54, 1.807) is 24.3 Å². The second-order valence-electron chi connectivity index (χ2n) is 3.73. The van der Waals surface area contributed by atoms with Crippen LogP contribution < -0.4 is 0 Å². The van der Waals surface area contributed by atoms with Crippen molar-refractivity contribution in [3.05, 3.63) is 35.4 Å². The van der Waals surface area contributed by atoms with E-state index in [9.17, 15) is 18.0 Å². The SMILES string of the molecule is O=C1CN(SC(F)(F)F)CCc2ccccc21. The minimum absolute atomic E-state index is 0.193. The molecule has 2 nitrogen and oxygen atoms in total. The maximum atomic E-state index is 12.2. The molecule has 1 aliphatic heterocycles. The number of carbonyl (C=O) groups is 1. The molecule has 0 aromatic heterocycles. The Morgan fingerprint density at radius 3 is 2.65 bits per heavy atom. The molecule has 0 aliphatic carbocycles. The van der Waals surface area contributed by atoms with Crippen LogP contribution in [-0.4, -0.2) is 28.7 Å². The number of Topliss-reactive ketones (excluding diaryl/α,β-unsaturated/α-hetero) is 1. The Morgan fingerprint density at radius 1 is 1.24 bits per heavy atom. The zero-order valence-corrected chi connectivity index (χ0v) is 9.64. The molecule has 0 spiro atoms. The van der Waals surface area contributed by atoms with Crippen LogP contribution in [0.25, 0.3) is 0 Å². The number of ketones is 1. The molecule has 0 bridgehead atoms. The summed E-state index contributed by atoms with van der Waals surface area (Å²) in [6.07, 6.45) is 0.463. The van der Waals surface area contributed by atoms with E-state index in [0.29, 0.717) is 12.0 Å². The lowest BCUT2D eigenvalue weighted by Gasteiger charge is -2.18. The van der Waals surface area contributed by atoms with E-state index in [-0.39, 0.29) is 30.8 Å². The Bertz CT molecular complexity index is 433. The van der Waals surface area contributed by atoms with Gasteiger partial charge in [-0.25, -0.2) is 4.31 Å². The van der Waals surface area contributed by atoms with Crippen LogP contribution in [0.1, 0.15) is 15.9 Å². The van der Waals surface area contributed by atoms with Gasteiger partial charge in [-0.3, -0.25) is 4.79 Å². The highest BCUT2D eigenvalue weighted by molar-refractivity contribution is 7.97. The molecule has 0 saturated heterocycles. The molecule has 2 rings (SSSR count). The number of carbonyl (C=O) groups excluding carboxylic acids is 1. The van der Waals surface area contributed by atoms with E-state index in [0.717, 1.165) is 9.87 Å². The van der Waals surface area contributed by atoms with Gasteiger partial charge in [0.15, 0.2) is 5.78 Å². The van der Waals surface area contributed by atoms with Gasteiger partial charge < -0.3 is 0 Å². The summed E-state index contributed by atoms with van der Waals surface area (Å²) in [5, 5.41) is 0. The number of hydrogen-bond donors (Lipinski definition) is 0. The number of rotatable bonds is 1. The number of benzene rings is 1. The number of halogens is 3. The van der Waals surface area contributed by atoms with Crippen molar-refractivity contribution >= 4 is 17.7 Å². The molecule has 0 N–H and O–H groups in total. The lowest BCUT2D eigenvalue weighted by atomic mass is 10.0. The molecule has 1 heterocycles. The monoisotopic (exact) mass is 261 g/mol. The predicted molar refractivity (Wildman–Crippen MR) is 59.7 cm³/mol. The summed E-state index contributed by atoms with van der Waals surface area (Å²) in [5.74, 6) is -0.255. The molecule has 0 radical (unpaired) electrons. The minimum Gasteiger partial charge on any atom is -0.293 e. The number of hydrogen-bond acceptors (Lipinski definition) is 3. The van der Waals surface area contributed by atoms with Gasteiger partial charge in [-0.2, -0.15) is 13.2 Å². The van der Waals surface area contributed by atoms with Gasteiger partial charge in [0.1, 0.15) is 0 Å². The molecule has 1 aliphatic rings. The highest BCUT2D eigenvalue weighted by atomic mass is 32.2. The van der Waals surface area contributed by atoms with E-state index in [1.165, 1.54) is 0 Å². The molecule has 0 fully saturated rings. The Kier molecular flexibility index (Phi) is 3.44. The fourth-order valence-electron chi connectivity index (χ4n) is 1.80. The van der Waals surface area contributed by atoms with E-state index in [2.05, 4.69) is 0 Å². The van der Waals surface area contributed by atoms with Crippen molar-refractivity contribution in [1.29, 1.82) is 0 Å². The number of nitrogens with zero attached hydrogens (tertiary/aromatic N) is 1. The molecular formula is C11H10F3NOS. The van der Waals surface area contributed by atoms with Crippen LogP contribution in [0.4, 0.5) is 13.2 Å². The van der Waals surface area contributed by atoms with Crippen molar-refractivity contribution in [1.82, 2.24) is 4.31 Å². The van der Waals surface area contributed by atoms with Crippen molar-refractivity contribution in [3.8, 4) is 0 Å². The first-order valence-electron chi connectivity index (χ1n) is 5.07. The molecule has 6 heteroatoms. The first-order chi connectivity index (χ1) is 7.96. The van der Waals surface area contributed by atoms with Crippen LogP contribution >= 0.6 is 11.9 Å². The van der Waals surface area contributed by atoms with E-state index < -0.39 is 5.51 Å². The average molecular weight is 261 g/mol. The van der Waals surface area contributed by atoms with E-state index in [1.807, 2.05) is 0 Å². The summed E-state index contributed by atoms with van der Waals surface area (Å²) in [4.78, 5) is 11.8. The molecule has 1 aromatic carbocycles. The lowest BCUT2D eigenvalue weighted by Crippen LogP contribution is -2.26. The number of alkyl halides is 3. The number of fused-ring (bicyclic) bond motifs is 1. The van der Waals surface area contributed by atoms with Gasteiger partial charge in [0.25, 0.3) is 0 Å². The minimum atomic E-state index is -4.34. The summed E-state index contributed by atoms with van der Waals surface area (Å²) >= 11 is -0.222. The third kappa shape index (κ3) is 3.23. The van der Waals surface area contributed by atoms with Gasteiger partial charge in [-0.05, 0) is 12.0 Å². The predicted octanol–water partition coefficient (Wildman–Crippen LogP) is 2.90. The Hall–Kier alpha value is -1.01. The zero-order valence-electron chi connectivity index (χ0n) is 8.83. The summed E-state index contributed by atoms with van der Waals surface area (Å²) in [6, 6.07) is 6.97. The van der Waals surface area contributed by atoms with Crippen LogP contribution in [-0.2, 0) is 6.42 Å². The Labute approximate surface area is 101 Å². The van der Waals surface area contributed by atoms with Gasteiger partial charge in [0, 0.05) is 24.1 Å². The van der Waals surface area contributed by atoms with Gasteiger partial charge in [0.2, 0.25) is 0 Å². The quantitative estimate of drug-likeness (QED) is 0.725. The van der Waals surface area contributed by atoms with Crippen LogP contribution in [0, 0.1) is 0 Å². The normalized spacial score (nSPS) is 17.7.